The second-order valence-corrected chi connectivity index (χ2v) is 7.67. The highest BCUT2D eigenvalue weighted by Gasteiger charge is 2.26. The lowest BCUT2D eigenvalue weighted by Gasteiger charge is -2.20. The second kappa shape index (κ2) is 9.97. The Balaban J connectivity index is 1.57. The van der Waals surface area contributed by atoms with Gasteiger partial charge < -0.3 is 31.6 Å². The van der Waals surface area contributed by atoms with Crippen molar-refractivity contribution in [3.05, 3.63) is 65.9 Å². The number of amides is 2. The van der Waals surface area contributed by atoms with Gasteiger partial charge in [0, 0.05) is 23.5 Å². The number of phenolic OH excluding ortho intramolecular Hbond substituents is 1. The van der Waals surface area contributed by atoms with E-state index in [0.29, 0.717) is 0 Å². The molecule has 3 unspecified atom stereocenters. The Kier molecular flexibility index (Phi) is 7.11. The molecule has 0 aliphatic rings. The second-order valence-electron chi connectivity index (χ2n) is 7.67. The third-order valence-corrected chi connectivity index (χ3v) is 5.19. The number of hydrogen-bond acceptors (Lipinski definition) is 5. The normalized spacial score (nSPS) is 13.8. The lowest BCUT2D eigenvalue weighted by Crippen LogP contribution is -2.54. The molecule has 0 spiro atoms. The minimum absolute atomic E-state index is 0.0894. The number of para-hydroxylation sites is 1. The van der Waals surface area contributed by atoms with E-state index in [0.717, 1.165) is 22.0 Å². The predicted octanol–water partition coefficient (Wildman–Crippen LogP) is 1.06. The molecule has 0 radical (unpaired) electrons. The van der Waals surface area contributed by atoms with Gasteiger partial charge in [-0.05, 0) is 42.7 Å². The molecule has 0 saturated heterocycles. The van der Waals surface area contributed by atoms with Crippen molar-refractivity contribution in [1.29, 1.82) is 0 Å². The molecule has 2 amide bonds. The van der Waals surface area contributed by atoms with Gasteiger partial charge >= 0.3 is 5.97 Å². The van der Waals surface area contributed by atoms with Gasteiger partial charge in [-0.15, -0.1) is 0 Å². The van der Waals surface area contributed by atoms with Gasteiger partial charge in [-0.3, -0.25) is 9.59 Å². The summed E-state index contributed by atoms with van der Waals surface area (Å²) < 4.78 is 0. The number of aliphatic carboxylic acids is 1. The molecule has 32 heavy (non-hydrogen) atoms. The van der Waals surface area contributed by atoms with Crippen molar-refractivity contribution >= 4 is 28.7 Å². The van der Waals surface area contributed by atoms with Crippen LogP contribution in [0.3, 0.4) is 0 Å². The fourth-order valence-corrected chi connectivity index (χ4v) is 3.38. The topological polar surface area (TPSA) is 158 Å². The predicted molar refractivity (Wildman–Crippen MR) is 119 cm³/mol. The molecular formula is C23H26N4O5. The van der Waals surface area contributed by atoms with E-state index >= 15 is 0 Å². The summed E-state index contributed by atoms with van der Waals surface area (Å²) in [6.45, 7) is 1.46. The summed E-state index contributed by atoms with van der Waals surface area (Å²) >= 11 is 0. The van der Waals surface area contributed by atoms with Crippen LogP contribution >= 0.6 is 0 Å². The molecular weight excluding hydrogens is 412 g/mol. The van der Waals surface area contributed by atoms with Crippen LogP contribution in [0.25, 0.3) is 10.9 Å². The largest absolute Gasteiger partial charge is 0.508 e. The van der Waals surface area contributed by atoms with E-state index < -0.39 is 35.9 Å². The van der Waals surface area contributed by atoms with E-state index in [-0.39, 0.29) is 18.6 Å². The van der Waals surface area contributed by atoms with Gasteiger partial charge in [0.15, 0.2) is 0 Å². The fraction of sp³-hybridized carbons (Fsp3) is 0.261. The summed E-state index contributed by atoms with van der Waals surface area (Å²) in [5, 5.41) is 24.8. The SMILES string of the molecule is CC(NC(=O)C(N)Cc1ccc(O)cc1)C(=O)NC(Cc1c[nH]c2ccccc12)C(=O)O. The average molecular weight is 438 g/mol. The first-order chi connectivity index (χ1) is 15.2. The van der Waals surface area contributed by atoms with Crippen LogP contribution in [0.1, 0.15) is 18.1 Å². The summed E-state index contributed by atoms with van der Waals surface area (Å²) in [6, 6.07) is 10.7. The molecule has 168 valence electrons. The molecule has 0 aliphatic heterocycles. The number of nitrogens with two attached hydrogens (primary N) is 1. The van der Waals surface area contributed by atoms with E-state index in [1.807, 2.05) is 24.3 Å². The molecule has 3 rings (SSSR count). The number of benzene rings is 2. The number of rotatable bonds is 9. The van der Waals surface area contributed by atoms with Crippen molar-refractivity contribution in [2.45, 2.75) is 37.9 Å². The lowest BCUT2D eigenvalue weighted by molar-refractivity contribution is -0.142. The number of fused-ring (bicyclic) bond motifs is 1. The summed E-state index contributed by atoms with van der Waals surface area (Å²) in [5.41, 5.74) is 8.32. The van der Waals surface area contributed by atoms with Crippen molar-refractivity contribution in [3.8, 4) is 5.75 Å². The zero-order valence-corrected chi connectivity index (χ0v) is 17.5. The number of aromatic nitrogens is 1. The van der Waals surface area contributed by atoms with Gasteiger partial charge in [0.05, 0.1) is 6.04 Å². The van der Waals surface area contributed by atoms with Gasteiger partial charge in [0.2, 0.25) is 11.8 Å². The number of phenols is 1. The first-order valence-corrected chi connectivity index (χ1v) is 10.2. The van der Waals surface area contributed by atoms with E-state index in [2.05, 4.69) is 15.6 Å². The summed E-state index contributed by atoms with van der Waals surface area (Å²) in [5.74, 6) is -2.23. The molecule has 3 aromatic rings. The van der Waals surface area contributed by atoms with Crippen LogP contribution in [0.2, 0.25) is 0 Å². The Morgan fingerprint density at radius 3 is 2.38 bits per heavy atom. The van der Waals surface area contributed by atoms with E-state index in [1.165, 1.54) is 19.1 Å². The number of carboxylic acid groups (broad SMARTS) is 1. The first-order valence-electron chi connectivity index (χ1n) is 10.2. The van der Waals surface area contributed by atoms with Crippen molar-refractivity contribution in [3.63, 3.8) is 0 Å². The van der Waals surface area contributed by atoms with Gasteiger partial charge in [-0.25, -0.2) is 4.79 Å². The number of H-pyrrole nitrogens is 1. The van der Waals surface area contributed by atoms with E-state index in [4.69, 9.17) is 5.73 Å². The monoisotopic (exact) mass is 438 g/mol. The highest BCUT2D eigenvalue weighted by Crippen LogP contribution is 2.19. The summed E-state index contributed by atoms with van der Waals surface area (Å²) in [6.07, 6.45) is 2.03. The van der Waals surface area contributed by atoms with Crippen molar-refractivity contribution in [2.75, 3.05) is 0 Å². The maximum absolute atomic E-state index is 12.5. The number of carbonyl (C=O) groups is 3. The van der Waals surface area contributed by atoms with Crippen LogP contribution in [0.15, 0.2) is 54.7 Å². The zero-order valence-electron chi connectivity index (χ0n) is 17.5. The van der Waals surface area contributed by atoms with Crippen LogP contribution in [0.4, 0.5) is 0 Å². The third-order valence-electron chi connectivity index (χ3n) is 5.19. The molecule has 0 bridgehead atoms. The van der Waals surface area contributed by atoms with Crippen molar-refractivity contribution < 1.29 is 24.6 Å². The van der Waals surface area contributed by atoms with Crippen molar-refractivity contribution in [2.24, 2.45) is 5.73 Å². The van der Waals surface area contributed by atoms with Gasteiger partial charge in [-0.1, -0.05) is 30.3 Å². The highest BCUT2D eigenvalue weighted by molar-refractivity contribution is 5.92. The molecule has 0 aliphatic carbocycles. The third kappa shape index (κ3) is 5.64. The maximum atomic E-state index is 12.5. The fourth-order valence-electron chi connectivity index (χ4n) is 3.38. The number of nitrogens with one attached hydrogen (secondary N) is 3. The highest BCUT2D eigenvalue weighted by atomic mass is 16.4. The Morgan fingerprint density at radius 1 is 1.00 bits per heavy atom. The van der Waals surface area contributed by atoms with Crippen molar-refractivity contribution in [1.82, 2.24) is 15.6 Å². The molecule has 1 aromatic heterocycles. The van der Waals surface area contributed by atoms with Crippen LogP contribution in [-0.2, 0) is 27.2 Å². The van der Waals surface area contributed by atoms with Gasteiger partial charge in [-0.2, -0.15) is 0 Å². The molecule has 1 heterocycles. The maximum Gasteiger partial charge on any atom is 0.326 e. The quantitative estimate of drug-likeness (QED) is 0.293. The minimum atomic E-state index is -1.17. The van der Waals surface area contributed by atoms with E-state index in [9.17, 15) is 24.6 Å². The Morgan fingerprint density at radius 2 is 1.69 bits per heavy atom. The molecule has 2 aromatic carbocycles. The smallest absolute Gasteiger partial charge is 0.326 e. The zero-order chi connectivity index (χ0) is 23.3. The number of aromatic hydroxyl groups is 1. The molecule has 3 atom stereocenters. The molecule has 9 nitrogen and oxygen atoms in total. The Labute approximate surface area is 184 Å². The Bertz CT molecular complexity index is 1110. The standard InChI is InChI=1S/C23H26N4O5/c1-13(26-22(30)18(24)10-14-6-8-16(28)9-7-14)21(29)27-20(23(31)32)11-15-12-25-19-5-3-2-4-17(15)19/h2-9,12-13,18,20,25,28H,10-11,24H2,1H3,(H,26,30)(H,27,29)(H,31,32). The lowest BCUT2D eigenvalue weighted by atomic mass is 10.0. The summed E-state index contributed by atoms with van der Waals surface area (Å²) in [4.78, 5) is 39.7. The van der Waals surface area contributed by atoms with Crippen LogP contribution in [0, 0.1) is 0 Å². The first kappa shape index (κ1) is 22.8. The minimum Gasteiger partial charge on any atom is -0.508 e. The van der Waals surface area contributed by atoms with Crippen LogP contribution < -0.4 is 16.4 Å². The molecule has 9 heteroatoms. The van der Waals surface area contributed by atoms with Gasteiger partial charge in [0.1, 0.15) is 17.8 Å². The number of carboxylic acids is 1. The van der Waals surface area contributed by atoms with Gasteiger partial charge in [0.25, 0.3) is 0 Å². The van der Waals surface area contributed by atoms with Crippen LogP contribution in [-0.4, -0.2) is 51.1 Å². The number of aromatic amines is 1. The number of hydrogen-bond donors (Lipinski definition) is 6. The van der Waals surface area contributed by atoms with E-state index in [1.54, 1.807) is 18.3 Å². The Hall–Kier alpha value is -3.85. The molecule has 0 fully saturated rings. The average Bonchev–Trinajstić information content (AvgIpc) is 3.17. The molecule has 7 N–H and O–H groups in total. The summed E-state index contributed by atoms with van der Waals surface area (Å²) in [7, 11) is 0. The molecule has 0 saturated carbocycles. The number of carbonyl (C=O) groups excluding carboxylic acids is 2. The van der Waals surface area contributed by atoms with Crippen LogP contribution in [0.5, 0.6) is 5.75 Å².